The Labute approximate surface area is 143 Å². The molecule has 9 heteroatoms. The lowest BCUT2D eigenvalue weighted by Crippen LogP contribution is -2.48. The number of ether oxygens (including phenoxy) is 1. The first-order valence-corrected chi connectivity index (χ1v) is 7.69. The topological polar surface area (TPSA) is 99.6 Å². The number of nitrogens with one attached hydrogen (secondary N) is 2. The molecule has 0 spiro atoms. The highest BCUT2D eigenvalue weighted by atomic mass is 19.1. The van der Waals surface area contributed by atoms with Gasteiger partial charge in [-0.2, -0.15) is 4.98 Å². The standard InChI is InChI=1S/C16H18FN5O3/c1-25-7-6-18-15-19-8-11-13(20-15)21-16(24)22(14(11)23)9-10-4-2-3-5-12(10)17/h2-5,8,16,24H,6-7,9H2,1H3,(H2,18,19,20,21). The van der Waals surface area contributed by atoms with E-state index in [0.29, 0.717) is 24.7 Å². The van der Waals surface area contributed by atoms with Gasteiger partial charge in [-0.05, 0) is 6.07 Å². The summed E-state index contributed by atoms with van der Waals surface area (Å²) in [5, 5.41) is 15.9. The summed E-state index contributed by atoms with van der Waals surface area (Å²) in [6, 6.07) is 6.09. The fraction of sp³-hybridized carbons (Fsp3) is 0.312. The number of halogens is 1. The molecule has 2 aromatic rings. The van der Waals surface area contributed by atoms with Crippen LogP contribution in [0.25, 0.3) is 0 Å². The first-order chi connectivity index (χ1) is 12.1. The Morgan fingerprint density at radius 1 is 1.44 bits per heavy atom. The minimum absolute atomic E-state index is 0.0764. The molecule has 1 aliphatic heterocycles. The molecule has 0 bridgehead atoms. The van der Waals surface area contributed by atoms with Gasteiger partial charge < -0.3 is 20.5 Å². The van der Waals surface area contributed by atoms with Crippen LogP contribution < -0.4 is 10.6 Å². The highest BCUT2D eigenvalue weighted by Gasteiger charge is 2.32. The number of fused-ring (bicyclic) bond motifs is 1. The summed E-state index contributed by atoms with van der Waals surface area (Å²) >= 11 is 0. The first kappa shape index (κ1) is 17.1. The van der Waals surface area contributed by atoms with Crippen LogP contribution in [0.2, 0.25) is 0 Å². The normalized spacial score (nSPS) is 16.4. The van der Waals surface area contributed by atoms with Crippen molar-refractivity contribution in [2.45, 2.75) is 12.9 Å². The van der Waals surface area contributed by atoms with E-state index in [2.05, 4.69) is 20.6 Å². The van der Waals surface area contributed by atoms with Gasteiger partial charge >= 0.3 is 0 Å². The van der Waals surface area contributed by atoms with Crippen molar-refractivity contribution in [1.29, 1.82) is 0 Å². The van der Waals surface area contributed by atoms with Crippen molar-refractivity contribution in [3.05, 3.63) is 47.4 Å². The van der Waals surface area contributed by atoms with E-state index < -0.39 is 18.1 Å². The molecule has 3 N–H and O–H groups in total. The van der Waals surface area contributed by atoms with E-state index in [1.807, 2.05) is 0 Å². The monoisotopic (exact) mass is 347 g/mol. The number of hydrogen-bond acceptors (Lipinski definition) is 7. The van der Waals surface area contributed by atoms with Gasteiger partial charge in [0, 0.05) is 25.4 Å². The molecular weight excluding hydrogens is 329 g/mol. The second-order valence-corrected chi connectivity index (χ2v) is 5.42. The van der Waals surface area contributed by atoms with Crippen LogP contribution in [-0.4, -0.2) is 52.5 Å². The molecule has 8 nitrogen and oxygen atoms in total. The van der Waals surface area contributed by atoms with Gasteiger partial charge in [-0.25, -0.2) is 9.37 Å². The van der Waals surface area contributed by atoms with Crippen LogP contribution in [0.5, 0.6) is 0 Å². The Morgan fingerprint density at radius 2 is 2.24 bits per heavy atom. The van der Waals surface area contributed by atoms with Gasteiger partial charge in [0.2, 0.25) is 12.3 Å². The van der Waals surface area contributed by atoms with Gasteiger partial charge in [0.05, 0.1) is 13.2 Å². The number of rotatable bonds is 6. The van der Waals surface area contributed by atoms with Crippen LogP contribution >= 0.6 is 0 Å². The number of benzene rings is 1. The molecule has 1 aliphatic rings. The third kappa shape index (κ3) is 3.67. The molecule has 25 heavy (non-hydrogen) atoms. The van der Waals surface area contributed by atoms with Crippen LogP contribution in [0.4, 0.5) is 16.2 Å². The predicted octanol–water partition coefficient (Wildman–Crippen LogP) is 1.02. The second-order valence-electron chi connectivity index (χ2n) is 5.42. The third-order valence-corrected chi connectivity index (χ3v) is 3.73. The lowest BCUT2D eigenvalue weighted by molar-refractivity contribution is 0.0141. The van der Waals surface area contributed by atoms with Gasteiger partial charge in [0.25, 0.3) is 5.91 Å². The minimum atomic E-state index is -1.32. The highest BCUT2D eigenvalue weighted by Crippen LogP contribution is 2.25. The number of amides is 1. The number of aromatic nitrogens is 2. The molecule has 132 valence electrons. The Bertz CT molecular complexity index is 773. The highest BCUT2D eigenvalue weighted by molar-refractivity contribution is 6.00. The predicted molar refractivity (Wildman–Crippen MR) is 88.3 cm³/mol. The number of hydrogen-bond donors (Lipinski definition) is 3. The summed E-state index contributed by atoms with van der Waals surface area (Å²) in [6.07, 6.45) is 0.0499. The molecule has 1 unspecified atom stereocenters. The summed E-state index contributed by atoms with van der Waals surface area (Å²) in [5.41, 5.74) is 0.512. The van der Waals surface area contributed by atoms with Crippen molar-refractivity contribution in [3.8, 4) is 0 Å². The van der Waals surface area contributed by atoms with Crippen molar-refractivity contribution in [3.63, 3.8) is 0 Å². The molecule has 1 atom stereocenters. The number of carbonyl (C=O) groups excluding carboxylic acids is 1. The van der Waals surface area contributed by atoms with Gasteiger partial charge in [0.1, 0.15) is 17.2 Å². The Hall–Kier alpha value is -2.78. The molecule has 2 heterocycles. The summed E-state index contributed by atoms with van der Waals surface area (Å²) in [4.78, 5) is 22.0. The molecular formula is C16H18FN5O3. The SMILES string of the molecule is COCCNc1ncc2c(n1)NC(O)N(Cc1ccccc1F)C2=O. The number of aliphatic hydroxyl groups excluding tert-OH is 1. The van der Waals surface area contributed by atoms with Gasteiger partial charge in [-0.15, -0.1) is 0 Å². The summed E-state index contributed by atoms with van der Waals surface area (Å²) < 4.78 is 18.7. The molecule has 1 aromatic heterocycles. The van der Waals surface area contributed by atoms with Crippen molar-refractivity contribution < 1.29 is 19.0 Å². The van der Waals surface area contributed by atoms with Crippen molar-refractivity contribution in [2.75, 3.05) is 30.9 Å². The zero-order chi connectivity index (χ0) is 17.8. The molecule has 0 fully saturated rings. The fourth-order valence-electron chi connectivity index (χ4n) is 2.43. The fourth-order valence-corrected chi connectivity index (χ4v) is 2.43. The zero-order valence-electron chi connectivity index (χ0n) is 13.6. The van der Waals surface area contributed by atoms with E-state index in [1.165, 1.54) is 12.3 Å². The molecule has 1 amide bonds. The van der Waals surface area contributed by atoms with E-state index >= 15 is 0 Å². The quantitative estimate of drug-likeness (QED) is 0.671. The maximum Gasteiger partial charge on any atom is 0.262 e. The maximum atomic E-state index is 13.8. The summed E-state index contributed by atoms with van der Waals surface area (Å²) in [5.74, 6) is -0.391. The van der Waals surface area contributed by atoms with Crippen molar-refractivity contribution in [2.24, 2.45) is 0 Å². The number of nitrogens with zero attached hydrogens (tertiary/aromatic N) is 3. The van der Waals surface area contributed by atoms with Crippen molar-refractivity contribution in [1.82, 2.24) is 14.9 Å². The average Bonchev–Trinajstić information content (AvgIpc) is 2.60. The van der Waals surface area contributed by atoms with Crippen molar-refractivity contribution >= 4 is 17.7 Å². The van der Waals surface area contributed by atoms with Crippen LogP contribution in [-0.2, 0) is 11.3 Å². The molecule has 1 aromatic carbocycles. The van der Waals surface area contributed by atoms with Crippen LogP contribution in [0.1, 0.15) is 15.9 Å². The van der Waals surface area contributed by atoms with Gasteiger partial charge in [0.15, 0.2) is 0 Å². The average molecular weight is 347 g/mol. The Balaban J connectivity index is 1.79. The lowest BCUT2D eigenvalue weighted by atomic mass is 10.1. The number of carbonyl (C=O) groups is 1. The van der Waals surface area contributed by atoms with E-state index in [1.54, 1.807) is 25.3 Å². The second kappa shape index (κ2) is 7.41. The molecule has 0 radical (unpaired) electrons. The molecule has 0 saturated heterocycles. The van der Waals surface area contributed by atoms with Crippen LogP contribution in [0.15, 0.2) is 30.5 Å². The molecule has 3 rings (SSSR count). The van der Waals surface area contributed by atoms with E-state index in [0.717, 1.165) is 4.90 Å². The van der Waals surface area contributed by atoms with Gasteiger partial charge in [-0.1, -0.05) is 18.2 Å². The number of aliphatic hydroxyl groups is 1. The summed E-state index contributed by atoms with van der Waals surface area (Å²) in [6.45, 7) is 0.907. The molecule has 0 saturated carbocycles. The smallest absolute Gasteiger partial charge is 0.262 e. The maximum absolute atomic E-state index is 13.8. The van der Waals surface area contributed by atoms with E-state index in [-0.39, 0.29) is 17.9 Å². The largest absolute Gasteiger partial charge is 0.383 e. The van der Waals surface area contributed by atoms with E-state index in [9.17, 15) is 14.3 Å². The van der Waals surface area contributed by atoms with Gasteiger partial charge in [-0.3, -0.25) is 9.69 Å². The Kier molecular flexibility index (Phi) is 5.05. The van der Waals surface area contributed by atoms with Crippen LogP contribution in [0, 0.1) is 5.82 Å². The summed E-state index contributed by atoms with van der Waals surface area (Å²) in [7, 11) is 1.58. The van der Waals surface area contributed by atoms with E-state index in [4.69, 9.17) is 4.74 Å². The lowest BCUT2D eigenvalue weighted by Gasteiger charge is -2.33. The van der Waals surface area contributed by atoms with Crippen LogP contribution in [0.3, 0.4) is 0 Å². The zero-order valence-corrected chi connectivity index (χ0v) is 13.6. The molecule has 0 aliphatic carbocycles. The number of methoxy groups -OCH3 is 1. The third-order valence-electron chi connectivity index (χ3n) is 3.73. The Morgan fingerprint density at radius 3 is 3.00 bits per heavy atom. The first-order valence-electron chi connectivity index (χ1n) is 7.69. The number of anilines is 2. The minimum Gasteiger partial charge on any atom is -0.383 e.